The summed E-state index contributed by atoms with van der Waals surface area (Å²) in [5.41, 5.74) is 1.65. The molecule has 1 fully saturated rings. The van der Waals surface area contributed by atoms with Crippen LogP contribution in [0, 0.1) is 16.7 Å². The van der Waals surface area contributed by atoms with E-state index in [0.717, 1.165) is 25.2 Å². The number of hydrogen-bond acceptors (Lipinski definition) is 3. The number of nitrogens with zero attached hydrogens (tertiary/aromatic N) is 2. The Morgan fingerprint density at radius 2 is 2.11 bits per heavy atom. The number of carbonyl (C=O) groups is 1. The molecule has 1 aliphatic heterocycles. The number of rotatable bonds is 3. The SMILES string of the molecule is CC1(C)CCN(CC(=O)Nc2ccc(C#N)cc2)C1. The van der Waals surface area contributed by atoms with Crippen LogP contribution in [0.4, 0.5) is 5.69 Å². The lowest BCUT2D eigenvalue weighted by atomic mass is 9.93. The van der Waals surface area contributed by atoms with Gasteiger partial charge in [-0.25, -0.2) is 0 Å². The van der Waals surface area contributed by atoms with Crippen LogP contribution in [-0.4, -0.2) is 30.4 Å². The molecule has 19 heavy (non-hydrogen) atoms. The van der Waals surface area contributed by atoms with Gasteiger partial charge in [-0.15, -0.1) is 0 Å². The van der Waals surface area contributed by atoms with Crippen molar-refractivity contribution in [2.45, 2.75) is 20.3 Å². The number of amides is 1. The second-order valence-corrected chi connectivity index (χ2v) is 5.86. The van der Waals surface area contributed by atoms with Gasteiger partial charge in [-0.3, -0.25) is 9.69 Å². The number of nitriles is 1. The van der Waals surface area contributed by atoms with Crippen LogP contribution in [0.3, 0.4) is 0 Å². The highest BCUT2D eigenvalue weighted by Gasteiger charge is 2.29. The molecule has 0 bridgehead atoms. The highest BCUT2D eigenvalue weighted by Crippen LogP contribution is 2.28. The molecular weight excluding hydrogens is 238 g/mol. The number of anilines is 1. The van der Waals surface area contributed by atoms with E-state index in [-0.39, 0.29) is 5.91 Å². The lowest BCUT2D eigenvalue weighted by Crippen LogP contribution is -2.32. The lowest BCUT2D eigenvalue weighted by molar-refractivity contribution is -0.117. The van der Waals surface area contributed by atoms with Gasteiger partial charge < -0.3 is 5.32 Å². The third-order valence-corrected chi connectivity index (χ3v) is 3.42. The lowest BCUT2D eigenvalue weighted by Gasteiger charge is -2.19. The van der Waals surface area contributed by atoms with Gasteiger partial charge >= 0.3 is 0 Å². The normalized spacial score (nSPS) is 17.9. The molecule has 4 nitrogen and oxygen atoms in total. The van der Waals surface area contributed by atoms with Crippen molar-refractivity contribution >= 4 is 11.6 Å². The van der Waals surface area contributed by atoms with E-state index in [2.05, 4.69) is 30.1 Å². The van der Waals surface area contributed by atoms with E-state index in [0.29, 0.717) is 17.5 Å². The van der Waals surface area contributed by atoms with Crippen molar-refractivity contribution in [3.05, 3.63) is 29.8 Å². The van der Waals surface area contributed by atoms with Gasteiger partial charge in [-0.1, -0.05) is 13.8 Å². The molecule has 0 aromatic heterocycles. The van der Waals surface area contributed by atoms with Crippen LogP contribution in [0.25, 0.3) is 0 Å². The zero-order valence-corrected chi connectivity index (χ0v) is 11.4. The largest absolute Gasteiger partial charge is 0.325 e. The van der Waals surface area contributed by atoms with Crippen molar-refractivity contribution in [1.29, 1.82) is 5.26 Å². The number of benzene rings is 1. The molecule has 100 valence electrons. The maximum absolute atomic E-state index is 11.9. The van der Waals surface area contributed by atoms with Crippen molar-refractivity contribution in [3.8, 4) is 6.07 Å². The minimum absolute atomic E-state index is 0.00223. The smallest absolute Gasteiger partial charge is 0.238 e. The molecule has 0 spiro atoms. The minimum Gasteiger partial charge on any atom is -0.325 e. The average molecular weight is 257 g/mol. The summed E-state index contributed by atoms with van der Waals surface area (Å²) in [6.45, 7) is 6.84. The third kappa shape index (κ3) is 3.80. The van der Waals surface area contributed by atoms with E-state index in [1.165, 1.54) is 0 Å². The van der Waals surface area contributed by atoms with Gasteiger partial charge in [0.1, 0.15) is 0 Å². The Hall–Kier alpha value is -1.86. The molecule has 1 aromatic rings. The van der Waals surface area contributed by atoms with Gasteiger partial charge in [0.2, 0.25) is 5.91 Å². The zero-order valence-electron chi connectivity index (χ0n) is 11.4. The number of carbonyl (C=O) groups excluding carboxylic acids is 1. The number of likely N-dealkylation sites (tertiary alicyclic amines) is 1. The Labute approximate surface area is 114 Å². The molecule has 0 radical (unpaired) electrons. The molecule has 1 aromatic carbocycles. The maximum atomic E-state index is 11.9. The predicted octanol–water partition coefficient (Wildman–Crippen LogP) is 2.23. The van der Waals surface area contributed by atoms with Crippen molar-refractivity contribution in [2.24, 2.45) is 5.41 Å². The first-order valence-corrected chi connectivity index (χ1v) is 6.51. The van der Waals surface area contributed by atoms with E-state index in [1.807, 2.05) is 0 Å². The zero-order chi connectivity index (χ0) is 13.9. The van der Waals surface area contributed by atoms with Gasteiger partial charge in [0, 0.05) is 12.2 Å². The fourth-order valence-corrected chi connectivity index (χ4v) is 2.39. The quantitative estimate of drug-likeness (QED) is 0.903. The first-order valence-electron chi connectivity index (χ1n) is 6.51. The molecular formula is C15H19N3O. The highest BCUT2D eigenvalue weighted by atomic mass is 16.2. The minimum atomic E-state index is 0.00223. The predicted molar refractivity (Wildman–Crippen MR) is 74.6 cm³/mol. The molecule has 0 saturated carbocycles. The van der Waals surface area contributed by atoms with Gasteiger partial charge in [-0.05, 0) is 42.6 Å². The van der Waals surface area contributed by atoms with Crippen LogP contribution in [-0.2, 0) is 4.79 Å². The van der Waals surface area contributed by atoms with Crippen LogP contribution in [0.5, 0.6) is 0 Å². The summed E-state index contributed by atoms with van der Waals surface area (Å²) in [5.74, 6) is 0.00223. The van der Waals surface area contributed by atoms with E-state index >= 15 is 0 Å². The molecule has 1 heterocycles. The Kier molecular flexibility index (Phi) is 3.87. The first-order chi connectivity index (χ1) is 8.98. The van der Waals surface area contributed by atoms with Crippen LogP contribution in [0.2, 0.25) is 0 Å². The topological polar surface area (TPSA) is 56.1 Å². The fourth-order valence-electron chi connectivity index (χ4n) is 2.39. The van der Waals surface area contributed by atoms with E-state index in [4.69, 9.17) is 5.26 Å². The number of nitrogens with one attached hydrogen (secondary N) is 1. The monoisotopic (exact) mass is 257 g/mol. The van der Waals surface area contributed by atoms with Crippen LogP contribution in [0.1, 0.15) is 25.8 Å². The summed E-state index contributed by atoms with van der Waals surface area (Å²) < 4.78 is 0. The van der Waals surface area contributed by atoms with Crippen molar-refractivity contribution in [3.63, 3.8) is 0 Å². The van der Waals surface area contributed by atoms with Crippen LogP contribution in [0.15, 0.2) is 24.3 Å². The third-order valence-electron chi connectivity index (χ3n) is 3.42. The second kappa shape index (κ2) is 5.41. The first kappa shape index (κ1) is 13.6. The molecule has 2 rings (SSSR count). The molecule has 1 saturated heterocycles. The van der Waals surface area contributed by atoms with E-state index in [1.54, 1.807) is 24.3 Å². The molecule has 1 amide bonds. The molecule has 0 atom stereocenters. The summed E-state index contributed by atoms with van der Waals surface area (Å²) >= 11 is 0. The van der Waals surface area contributed by atoms with Crippen molar-refractivity contribution in [2.75, 3.05) is 25.0 Å². The Morgan fingerprint density at radius 3 is 2.63 bits per heavy atom. The summed E-state index contributed by atoms with van der Waals surface area (Å²) in [6.07, 6.45) is 1.14. The van der Waals surface area contributed by atoms with Gasteiger partial charge in [0.05, 0.1) is 18.2 Å². The van der Waals surface area contributed by atoms with E-state index in [9.17, 15) is 4.79 Å². The number of hydrogen-bond donors (Lipinski definition) is 1. The van der Waals surface area contributed by atoms with Gasteiger partial charge in [0.15, 0.2) is 0 Å². The molecule has 0 aliphatic carbocycles. The summed E-state index contributed by atoms with van der Waals surface area (Å²) in [5, 5.41) is 11.6. The fraction of sp³-hybridized carbons (Fsp3) is 0.467. The highest BCUT2D eigenvalue weighted by molar-refractivity contribution is 5.92. The van der Waals surface area contributed by atoms with Crippen LogP contribution < -0.4 is 5.32 Å². The summed E-state index contributed by atoms with van der Waals surface area (Å²) in [7, 11) is 0. The average Bonchev–Trinajstić information content (AvgIpc) is 2.69. The Morgan fingerprint density at radius 1 is 1.42 bits per heavy atom. The van der Waals surface area contributed by atoms with Gasteiger partial charge in [-0.2, -0.15) is 5.26 Å². The summed E-state index contributed by atoms with van der Waals surface area (Å²) in [4.78, 5) is 14.1. The molecule has 4 heteroatoms. The van der Waals surface area contributed by atoms with Gasteiger partial charge in [0.25, 0.3) is 0 Å². The van der Waals surface area contributed by atoms with Crippen LogP contribution >= 0.6 is 0 Å². The molecule has 0 unspecified atom stereocenters. The van der Waals surface area contributed by atoms with E-state index < -0.39 is 0 Å². The molecule has 1 aliphatic rings. The Balaban J connectivity index is 1.86. The molecule has 1 N–H and O–H groups in total. The Bertz CT molecular complexity index is 499. The second-order valence-electron chi connectivity index (χ2n) is 5.86. The van der Waals surface area contributed by atoms with Crippen molar-refractivity contribution < 1.29 is 4.79 Å². The summed E-state index contributed by atoms with van der Waals surface area (Å²) in [6, 6.07) is 8.97. The standard InChI is InChI=1S/C15H19N3O/c1-15(2)7-8-18(11-15)10-14(19)17-13-5-3-12(9-16)4-6-13/h3-6H,7-8,10-11H2,1-2H3,(H,17,19). The van der Waals surface area contributed by atoms with Crippen molar-refractivity contribution in [1.82, 2.24) is 4.90 Å². The maximum Gasteiger partial charge on any atom is 0.238 e.